The van der Waals surface area contributed by atoms with E-state index in [9.17, 15) is 19.2 Å². The van der Waals surface area contributed by atoms with Gasteiger partial charge in [0.15, 0.2) is 0 Å². The molecular formula is C22H20O6. The second kappa shape index (κ2) is 6.71. The number of ketones is 2. The summed E-state index contributed by atoms with van der Waals surface area (Å²) in [5.74, 6) is -2.67. The summed E-state index contributed by atoms with van der Waals surface area (Å²) in [5, 5.41) is 0. The summed E-state index contributed by atoms with van der Waals surface area (Å²) in [7, 11) is 0. The molecule has 0 radical (unpaired) electrons. The molecule has 6 nitrogen and oxygen atoms in total. The number of ether oxygens (including phenoxy) is 2. The van der Waals surface area contributed by atoms with Crippen LogP contribution in [0.1, 0.15) is 56.8 Å². The molecule has 0 atom stereocenters. The molecule has 0 aliphatic heterocycles. The molecule has 0 fully saturated rings. The summed E-state index contributed by atoms with van der Waals surface area (Å²) in [6.45, 7) is 7.71. The van der Waals surface area contributed by atoms with Gasteiger partial charge in [-0.25, -0.2) is 0 Å². The van der Waals surface area contributed by atoms with Crippen LogP contribution >= 0.6 is 0 Å². The lowest BCUT2D eigenvalue weighted by Crippen LogP contribution is -2.44. The Labute approximate surface area is 162 Å². The average Bonchev–Trinajstić information content (AvgIpc) is 2.82. The molecule has 6 heteroatoms. The largest absolute Gasteiger partial charge is 0.437 e. The van der Waals surface area contributed by atoms with E-state index >= 15 is 0 Å². The van der Waals surface area contributed by atoms with Crippen LogP contribution in [0.15, 0.2) is 30.3 Å². The van der Waals surface area contributed by atoms with Gasteiger partial charge in [-0.15, -0.1) is 0 Å². The van der Waals surface area contributed by atoms with Crippen molar-refractivity contribution in [3.05, 3.63) is 63.7 Å². The van der Waals surface area contributed by atoms with Crippen molar-refractivity contribution < 1.29 is 28.7 Å². The van der Waals surface area contributed by atoms with Gasteiger partial charge in [0, 0.05) is 25.0 Å². The van der Waals surface area contributed by atoms with Crippen molar-refractivity contribution in [2.45, 2.75) is 40.2 Å². The van der Waals surface area contributed by atoms with E-state index in [4.69, 9.17) is 9.47 Å². The van der Waals surface area contributed by atoms with Crippen LogP contribution < -0.4 is 4.74 Å². The van der Waals surface area contributed by atoms with Crippen LogP contribution in [-0.4, -0.2) is 23.5 Å². The Bertz CT molecular complexity index is 1010. The summed E-state index contributed by atoms with van der Waals surface area (Å²) in [6, 6.07) is 7.88. The molecular weight excluding hydrogens is 360 g/mol. The Kier molecular flexibility index (Phi) is 4.67. The van der Waals surface area contributed by atoms with Crippen molar-refractivity contribution in [2.24, 2.45) is 0 Å². The molecule has 0 unspecified atom stereocenters. The van der Waals surface area contributed by atoms with Gasteiger partial charge < -0.3 is 9.47 Å². The molecule has 1 aliphatic carbocycles. The third kappa shape index (κ3) is 2.72. The van der Waals surface area contributed by atoms with Crippen molar-refractivity contribution in [3.63, 3.8) is 0 Å². The highest BCUT2D eigenvalue weighted by Gasteiger charge is 2.59. The van der Waals surface area contributed by atoms with E-state index in [2.05, 4.69) is 0 Å². The van der Waals surface area contributed by atoms with Gasteiger partial charge in [0.25, 0.3) is 5.60 Å². The number of carbonyl (C=O) groups is 4. The van der Waals surface area contributed by atoms with E-state index in [-0.39, 0.29) is 22.4 Å². The predicted molar refractivity (Wildman–Crippen MR) is 101 cm³/mol. The Morgan fingerprint density at radius 3 is 1.86 bits per heavy atom. The average molecular weight is 380 g/mol. The molecule has 3 rings (SSSR count). The third-order valence-electron chi connectivity index (χ3n) is 5.08. The minimum atomic E-state index is -2.22. The monoisotopic (exact) mass is 380 g/mol. The molecule has 0 heterocycles. The first-order chi connectivity index (χ1) is 13.1. The highest BCUT2D eigenvalue weighted by molar-refractivity contribution is 6.33. The molecule has 2 aromatic rings. The number of benzene rings is 2. The number of Topliss-reactive ketones (excluding diaryl/α,β-unsaturated/α-hetero) is 2. The van der Waals surface area contributed by atoms with Crippen LogP contribution in [0.3, 0.4) is 0 Å². The Hall–Kier alpha value is -3.28. The van der Waals surface area contributed by atoms with Crippen LogP contribution in [-0.2, 0) is 19.9 Å². The van der Waals surface area contributed by atoms with E-state index in [1.54, 1.807) is 25.1 Å². The third-order valence-corrected chi connectivity index (χ3v) is 5.08. The summed E-state index contributed by atoms with van der Waals surface area (Å²) in [4.78, 5) is 50.5. The van der Waals surface area contributed by atoms with Crippen LogP contribution in [0.2, 0.25) is 0 Å². The number of rotatable bonds is 3. The fourth-order valence-electron chi connectivity index (χ4n) is 3.67. The van der Waals surface area contributed by atoms with E-state index < -0.39 is 29.1 Å². The zero-order valence-corrected chi connectivity index (χ0v) is 16.3. The number of carbonyl (C=O) groups excluding carboxylic acids is 4. The first kappa shape index (κ1) is 19.5. The summed E-state index contributed by atoms with van der Waals surface area (Å²) in [5.41, 5.74) is 0.363. The van der Waals surface area contributed by atoms with Gasteiger partial charge in [0.1, 0.15) is 5.75 Å². The fraction of sp³-hybridized carbons (Fsp3) is 0.273. The lowest BCUT2D eigenvalue weighted by atomic mass is 9.82. The number of hydrogen-bond donors (Lipinski definition) is 0. The summed E-state index contributed by atoms with van der Waals surface area (Å²) in [6.07, 6.45) is 0. The van der Waals surface area contributed by atoms with Crippen LogP contribution in [0.5, 0.6) is 5.75 Å². The van der Waals surface area contributed by atoms with E-state index in [0.29, 0.717) is 5.56 Å². The highest BCUT2D eigenvalue weighted by Crippen LogP contribution is 2.47. The van der Waals surface area contributed by atoms with Gasteiger partial charge in [0.2, 0.25) is 11.6 Å². The van der Waals surface area contributed by atoms with Crippen molar-refractivity contribution in [2.75, 3.05) is 0 Å². The second-order valence-electron chi connectivity index (χ2n) is 6.89. The molecule has 0 saturated heterocycles. The van der Waals surface area contributed by atoms with Gasteiger partial charge in [-0.05, 0) is 43.5 Å². The maximum absolute atomic E-state index is 13.4. The van der Waals surface area contributed by atoms with Gasteiger partial charge in [0.05, 0.1) is 5.56 Å². The first-order valence-electron chi connectivity index (χ1n) is 8.79. The smallest absolute Gasteiger partial charge is 0.308 e. The molecule has 0 bridgehead atoms. The normalized spacial score (nSPS) is 14.6. The van der Waals surface area contributed by atoms with E-state index in [1.807, 2.05) is 13.8 Å². The maximum Gasteiger partial charge on any atom is 0.308 e. The molecule has 0 aromatic heterocycles. The van der Waals surface area contributed by atoms with Crippen molar-refractivity contribution in [3.8, 4) is 5.75 Å². The fourth-order valence-corrected chi connectivity index (χ4v) is 3.67. The molecule has 0 saturated carbocycles. The van der Waals surface area contributed by atoms with Gasteiger partial charge in [-0.1, -0.05) is 24.3 Å². The van der Waals surface area contributed by atoms with Gasteiger partial charge in [-0.2, -0.15) is 0 Å². The van der Waals surface area contributed by atoms with Gasteiger partial charge >= 0.3 is 11.9 Å². The zero-order chi connectivity index (χ0) is 20.8. The summed E-state index contributed by atoms with van der Waals surface area (Å²) < 4.78 is 10.8. The molecule has 144 valence electrons. The Morgan fingerprint density at radius 1 is 0.857 bits per heavy atom. The Balaban J connectivity index is 2.42. The minimum Gasteiger partial charge on any atom is -0.437 e. The molecule has 0 N–H and O–H groups in total. The second-order valence-corrected chi connectivity index (χ2v) is 6.89. The van der Waals surface area contributed by atoms with Crippen LogP contribution in [0.4, 0.5) is 0 Å². The topological polar surface area (TPSA) is 86.7 Å². The maximum atomic E-state index is 13.4. The number of esters is 2. The number of hydrogen-bond acceptors (Lipinski definition) is 6. The first-order valence-corrected chi connectivity index (χ1v) is 8.79. The van der Waals surface area contributed by atoms with Gasteiger partial charge in [-0.3, -0.25) is 19.2 Å². The number of fused-ring (bicyclic) bond motifs is 1. The zero-order valence-electron chi connectivity index (χ0n) is 16.3. The van der Waals surface area contributed by atoms with E-state index in [0.717, 1.165) is 18.1 Å². The molecule has 1 aliphatic rings. The highest BCUT2D eigenvalue weighted by atomic mass is 16.6. The molecule has 0 spiro atoms. The van der Waals surface area contributed by atoms with Crippen molar-refractivity contribution >= 4 is 23.5 Å². The van der Waals surface area contributed by atoms with Crippen molar-refractivity contribution in [1.82, 2.24) is 0 Å². The Morgan fingerprint density at radius 2 is 1.39 bits per heavy atom. The lowest BCUT2D eigenvalue weighted by molar-refractivity contribution is -0.149. The quantitative estimate of drug-likeness (QED) is 0.461. The molecule has 28 heavy (non-hydrogen) atoms. The minimum absolute atomic E-state index is 0.0313. The van der Waals surface area contributed by atoms with Crippen LogP contribution in [0.25, 0.3) is 0 Å². The summed E-state index contributed by atoms with van der Waals surface area (Å²) >= 11 is 0. The molecule has 2 aromatic carbocycles. The van der Waals surface area contributed by atoms with Crippen LogP contribution in [0, 0.1) is 20.8 Å². The number of aryl methyl sites for hydroxylation is 1. The predicted octanol–water partition coefficient (Wildman–Crippen LogP) is 3.37. The molecule has 0 amide bonds. The standard InChI is InChI=1S/C22H20O6/c1-11-10-18(27-14(4)23)19(13(3)12(11)2)22(28-15(5)24)20(25)16-8-6-7-9-17(16)21(22)26/h6-10H,1-5H3. The van der Waals surface area contributed by atoms with Crippen molar-refractivity contribution in [1.29, 1.82) is 0 Å². The van der Waals surface area contributed by atoms with E-state index in [1.165, 1.54) is 19.1 Å². The lowest BCUT2D eigenvalue weighted by Gasteiger charge is -2.30. The SMILES string of the molecule is CC(=O)Oc1cc(C)c(C)c(C)c1C1(OC(C)=O)C(=O)c2ccccc2C1=O.